The van der Waals surface area contributed by atoms with Gasteiger partial charge in [0.15, 0.2) is 18.2 Å². The zero-order chi connectivity index (χ0) is 46.2. The summed E-state index contributed by atoms with van der Waals surface area (Å²) >= 11 is 0. The van der Waals surface area contributed by atoms with E-state index in [9.17, 15) is 23.1 Å². The summed E-state index contributed by atoms with van der Waals surface area (Å²) in [5, 5.41) is 14.3. The highest BCUT2D eigenvalue weighted by Crippen LogP contribution is 2.77. The monoisotopic (exact) mass is 915 g/mol. The SMILES string of the molecule is CC1(C[C@@H]2CC[C@]3(NC[C@H](CO[Si](C)(C)C(C)(C)C)N4CCS(=O)(=O)CC4)CC[C@]4(C)[C@H](CC[C@@H]5[C@@]6(C)CC[C@H](OC(=O)[C@H]7C[C@@H](C(=O)O)C7(C)C)C(C)(C)[C@@H]6CC[C@]54C)[C@@H]23)CC1. The largest absolute Gasteiger partial charge is 0.481 e. The van der Waals surface area contributed by atoms with Gasteiger partial charge in [-0.25, -0.2) is 8.42 Å². The maximum atomic E-state index is 13.8. The standard InChI is InChI=1S/C52H90N2O7SSi/c1-45(2,3)63(12,13)60-33-35(54-26-28-62(58,59)29-27-54)32-53-52-21-16-34(31-48(8)22-23-48)42(52)36-14-15-40-49(9)19-18-41(61-44(57)38-30-37(43(55)56)46(38,4)5)47(6,7)39(49)17-20-51(40,11)50(36,10)24-25-52/h34-42,53H,14-33H2,1-13H3,(H,55,56)/t34-,35+,36+,37-,38+,39-,40+,41-,42+,49-,50+,51+,52-/m0/s1. The smallest absolute Gasteiger partial charge is 0.309 e. The number of nitrogens with zero attached hydrogens (tertiary/aromatic N) is 1. The molecule has 0 aromatic heterocycles. The number of hydrogen-bond donors (Lipinski definition) is 2. The molecule has 0 bridgehead atoms. The second-order valence-corrected chi connectivity index (χ2v) is 34.4. The third-order valence-electron chi connectivity index (χ3n) is 22.5. The topological polar surface area (TPSA) is 122 Å². The maximum Gasteiger partial charge on any atom is 0.309 e. The van der Waals surface area contributed by atoms with Gasteiger partial charge in [0.25, 0.3) is 0 Å². The van der Waals surface area contributed by atoms with Gasteiger partial charge in [-0.15, -0.1) is 0 Å². The number of hydrogen-bond acceptors (Lipinski definition) is 8. The van der Waals surface area contributed by atoms with Crippen LogP contribution in [0.5, 0.6) is 0 Å². The van der Waals surface area contributed by atoms with Crippen molar-refractivity contribution in [2.75, 3.05) is 37.7 Å². The van der Waals surface area contributed by atoms with Crippen molar-refractivity contribution in [1.82, 2.24) is 10.2 Å². The molecule has 8 aliphatic rings. The van der Waals surface area contributed by atoms with Gasteiger partial charge in [-0.1, -0.05) is 76.2 Å². The van der Waals surface area contributed by atoms with Gasteiger partial charge in [-0.2, -0.15) is 0 Å². The molecule has 0 aromatic rings. The van der Waals surface area contributed by atoms with Gasteiger partial charge in [0.2, 0.25) is 0 Å². The van der Waals surface area contributed by atoms with Crippen molar-refractivity contribution in [1.29, 1.82) is 0 Å². The minimum atomic E-state index is -2.99. The molecule has 0 spiro atoms. The first-order valence-electron chi connectivity index (χ1n) is 25.7. The number of nitrogens with one attached hydrogen (secondary N) is 1. The van der Waals surface area contributed by atoms with Crippen molar-refractivity contribution >= 4 is 30.1 Å². The van der Waals surface area contributed by atoms with Gasteiger partial charge in [0.1, 0.15) is 6.10 Å². The summed E-state index contributed by atoms with van der Waals surface area (Å²) in [7, 11) is -5.00. The molecule has 0 unspecified atom stereocenters. The van der Waals surface area contributed by atoms with Crippen LogP contribution in [0.3, 0.4) is 0 Å². The van der Waals surface area contributed by atoms with Crippen LogP contribution in [-0.4, -0.2) is 94.1 Å². The number of aliphatic carboxylic acids is 1. The molecule has 7 saturated carbocycles. The van der Waals surface area contributed by atoms with E-state index < -0.39 is 35.5 Å². The molecule has 7 aliphatic carbocycles. The van der Waals surface area contributed by atoms with E-state index in [-0.39, 0.29) is 67.8 Å². The van der Waals surface area contributed by atoms with E-state index in [0.29, 0.717) is 55.2 Å². The fourth-order valence-electron chi connectivity index (χ4n) is 16.7. The van der Waals surface area contributed by atoms with E-state index in [1.54, 1.807) is 0 Å². The van der Waals surface area contributed by atoms with Crippen molar-refractivity contribution in [3.63, 3.8) is 0 Å². The summed E-state index contributed by atoms with van der Waals surface area (Å²) in [6.45, 7) is 33.6. The molecule has 1 heterocycles. The molecule has 0 aromatic carbocycles. The lowest BCUT2D eigenvalue weighted by molar-refractivity contribution is -0.249. The molecule has 13 atom stereocenters. The second kappa shape index (κ2) is 15.8. The summed E-state index contributed by atoms with van der Waals surface area (Å²) in [5.41, 5.74) is 0.490. The minimum absolute atomic E-state index is 0.102. The number of ether oxygens (including phenoxy) is 1. The molecule has 8 fully saturated rings. The number of carbonyl (C=O) groups is 2. The Balaban J connectivity index is 1.03. The van der Waals surface area contributed by atoms with E-state index in [1.807, 2.05) is 13.8 Å². The predicted octanol–water partition coefficient (Wildman–Crippen LogP) is 10.4. The zero-order valence-corrected chi connectivity index (χ0v) is 43.9. The summed E-state index contributed by atoms with van der Waals surface area (Å²) in [4.78, 5) is 28.1. The van der Waals surface area contributed by atoms with Crippen LogP contribution in [0.2, 0.25) is 18.1 Å². The highest BCUT2D eigenvalue weighted by atomic mass is 32.2. The van der Waals surface area contributed by atoms with Crippen molar-refractivity contribution < 1.29 is 32.3 Å². The number of fused-ring (bicyclic) bond motifs is 7. The molecule has 8 rings (SSSR count). The first kappa shape index (κ1) is 48.4. The number of carboxylic acids is 1. The third-order valence-corrected chi connectivity index (χ3v) is 28.6. The van der Waals surface area contributed by atoms with Gasteiger partial charge >= 0.3 is 11.9 Å². The van der Waals surface area contributed by atoms with E-state index in [2.05, 4.69) is 85.6 Å². The Morgan fingerprint density at radius 3 is 2.06 bits per heavy atom. The predicted molar refractivity (Wildman–Crippen MR) is 254 cm³/mol. The number of rotatable bonds is 12. The third kappa shape index (κ3) is 7.99. The van der Waals surface area contributed by atoms with Gasteiger partial charge in [0, 0.05) is 36.6 Å². The molecule has 360 valence electrons. The molecule has 11 heteroatoms. The number of carboxylic acid groups (broad SMARTS) is 1. The van der Waals surface area contributed by atoms with Crippen molar-refractivity contribution in [3.05, 3.63) is 0 Å². The molecule has 2 N–H and O–H groups in total. The molecule has 1 saturated heterocycles. The first-order valence-corrected chi connectivity index (χ1v) is 30.5. The molecule has 9 nitrogen and oxygen atoms in total. The van der Waals surface area contributed by atoms with Crippen LogP contribution >= 0.6 is 0 Å². The number of sulfone groups is 1. The Hall–Kier alpha value is -1.01. The van der Waals surface area contributed by atoms with E-state index in [4.69, 9.17) is 9.16 Å². The summed E-state index contributed by atoms with van der Waals surface area (Å²) in [6, 6.07) is 0.154. The highest BCUT2D eigenvalue weighted by Gasteiger charge is 2.71. The maximum absolute atomic E-state index is 13.8. The van der Waals surface area contributed by atoms with Crippen molar-refractivity contribution in [3.8, 4) is 0 Å². The Kier molecular flexibility index (Phi) is 12.1. The molecule has 63 heavy (non-hydrogen) atoms. The molecule has 1 aliphatic heterocycles. The van der Waals surface area contributed by atoms with Crippen LogP contribution in [0.15, 0.2) is 0 Å². The zero-order valence-electron chi connectivity index (χ0n) is 42.1. The fraction of sp³-hybridized carbons (Fsp3) is 0.962. The van der Waals surface area contributed by atoms with Crippen molar-refractivity contribution in [2.45, 2.75) is 202 Å². The van der Waals surface area contributed by atoms with Gasteiger partial charge in [0.05, 0.1) is 29.9 Å². The Bertz CT molecular complexity index is 1880. The lowest BCUT2D eigenvalue weighted by Gasteiger charge is -2.73. The average Bonchev–Trinajstić information content (AvgIpc) is 3.79. The first-order chi connectivity index (χ1) is 29.0. The van der Waals surface area contributed by atoms with Crippen molar-refractivity contribution in [2.24, 2.45) is 73.9 Å². The fourth-order valence-corrected chi connectivity index (χ4v) is 19.0. The van der Waals surface area contributed by atoms with E-state index in [0.717, 1.165) is 25.3 Å². The van der Waals surface area contributed by atoms with Gasteiger partial charge in [-0.05, 0) is 165 Å². The van der Waals surface area contributed by atoms with Gasteiger partial charge in [-0.3, -0.25) is 14.5 Å². The van der Waals surface area contributed by atoms with E-state index in [1.165, 1.54) is 70.6 Å². The normalized spacial score (nSPS) is 44.1. The highest BCUT2D eigenvalue weighted by molar-refractivity contribution is 7.91. The Labute approximate surface area is 384 Å². The van der Waals surface area contributed by atoms with Crippen LogP contribution in [0, 0.1) is 73.9 Å². The summed E-state index contributed by atoms with van der Waals surface area (Å²) in [5.74, 6) is 1.78. The second-order valence-electron chi connectivity index (χ2n) is 27.2. The van der Waals surface area contributed by atoms with Crippen LogP contribution in [0.25, 0.3) is 0 Å². The average molecular weight is 915 g/mol. The van der Waals surface area contributed by atoms with Crippen LogP contribution < -0.4 is 5.32 Å². The summed E-state index contributed by atoms with van der Waals surface area (Å²) in [6.07, 6.45) is 16.3. The molecular formula is C52H90N2O7SSi. The lowest BCUT2D eigenvalue weighted by atomic mass is 9.32. The molecule has 0 radical (unpaired) electrons. The molecule has 0 amide bonds. The molecular weight excluding hydrogens is 825 g/mol. The number of carbonyl (C=O) groups excluding carboxylic acids is 1. The number of esters is 1. The van der Waals surface area contributed by atoms with Gasteiger partial charge < -0.3 is 19.6 Å². The van der Waals surface area contributed by atoms with Crippen LogP contribution in [0.4, 0.5) is 0 Å². The van der Waals surface area contributed by atoms with Crippen LogP contribution in [0.1, 0.15) is 166 Å². The Morgan fingerprint density at radius 1 is 0.794 bits per heavy atom. The lowest BCUT2D eigenvalue weighted by Crippen LogP contribution is -2.69. The van der Waals surface area contributed by atoms with E-state index >= 15 is 0 Å². The summed E-state index contributed by atoms with van der Waals surface area (Å²) < 4.78 is 38.7. The minimum Gasteiger partial charge on any atom is -0.481 e. The quantitative estimate of drug-likeness (QED) is 0.146. The Morgan fingerprint density at radius 2 is 1.46 bits per heavy atom. The van der Waals surface area contributed by atoms with Crippen LogP contribution in [-0.2, 0) is 28.6 Å².